The first-order chi connectivity index (χ1) is 9.17. The second-order valence-electron chi connectivity index (χ2n) is 5.55. The zero-order valence-corrected chi connectivity index (χ0v) is 13.3. The molecule has 3 heteroatoms. The molecule has 0 aliphatic heterocycles. The van der Waals surface area contributed by atoms with Crippen LogP contribution in [0.4, 0.5) is 4.39 Å². The lowest BCUT2D eigenvalue weighted by Crippen LogP contribution is -2.33. The SMILES string of the molecule is CCC1CCCCC1C(NC)c1ccc(Br)cc1F. The molecule has 1 nitrogen and oxygen atoms in total. The van der Waals surface area contributed by atoms with Crippen LogP contribution in [0.25, 0.3) is 0 Å². The van der Waals surface area contributed by atoms with Gasteiger partial charge in [0.15, 0.2) is 0 Å². The summed E-state index contributed by atoms with van der Waals surface area (Å²) in [5.74, 6) is 1.17. The second kappa shape index (κ2) is 6.85. The van der Waals surface area contributed by atoms with Crippen molar-refractivity contribution in [3.05, 3.63) is 34.1 Å². The molecule has 1 aromatic carbocycles. The summed E-state index contributed by atoms with van der Waals surface area (Å²) in [6.07, 6.45) is 6.30. The topological polar surface area (TPSA) is 12.0 Å². The highest BCUT2D eigenvalue weighted by Crippen LogP contribution is 2.40. The van der Waals surface area contributed by atoms with Crippen LogP contribution in [0.5, 0.6) is 0 Å². The van der Waals surface area contributed by atoms with E-state index >= 15 is 0 Å². The Balaban J connectivity index is 2.27. The average Bonchev–Trinajstić information content (AvgIpc) is 2.42. The van der Waals surface area contributed by atoms with Crippen LogP contribution in [0.3, 0.4) is 0 Å². The Kier molecular flexibility index (Phi) is 5.40. The monoisotopic (exact) mass is 327 g/mol. The van der Waals surface area contributed by atoms with Crippen molar-refractivity contribution in [1.29, 1.82) is 0 Å². The molecule has 2 rings (SSSR count). The molecular formula is C16H23BrFN. The second-order valence-corrected chi connectivity index (χ2v) is 6.46. The van der Waals surface area contributed by atoms with Gasteiger partial charge < -0.3 is 5.32 Å². The van der Waals surface area contributed by atoms with Gasteiger partial charge in [-0.3, -0.25) is 0 Å². The lowest BCUT2D eigenvalue weighted by atomic mass is 9.72. The van der Waals surface area contributed by atoms with Crippen LogP contribution in [-0.2, 0) is 0 Å². The van der Waals surface area contributed by atoms with Crippen molar-refractivity contribution in [2.45, 2.75) is 45.1 Å². The van der Waals surface area contributed by atoms with E-state index in [-0.39, 0.29) is 11.9 Å². The Morgan fingerprint density at radius 2 is 2.11 bits per heavy atom. The molecule has 1 saturated carbocycles. The van der Waals surface area contributed by atoms with Gasteiger partial charge in [-0.1, -0.05) is 54.6 Å². The molecule has 0 saturated heterocycles. The number of rotatable bonds is 4. The van der Waals surface area contributed by atoms with Gasteiger partial charge in [0.2, 0.25) is 0 Å². The Morgan fingerprint density at radius 1 is 1.37 bits per heavy atom. The number of hydrogen-bond donors (Lipinski definition) is 1. The molecule has 1 aliphatic carbocycles. The minimum Gasteiger partial charge on any atom is -0.313 e. The largest absolute Gasteiger partial charge is 0.313 e. The molecule has 1 aliphatic rings. The van der Waals surface area contributed by atoms with Crippen LogP contribution >= 0.6 is 15.9 Å². The van der Waals surface area contributed by atoms with Gasteiger partial charge in [-0.15, -0.1) is 0 Å². The first-order valence-electron chi connectivity index (χ1n) is 7.29. The number of nitrogens with one attached hydrogen (secondary N) is 1. The Morgan fingerprint density at radius 3 is 2.74 bits per heavy atom. The van der Waals surface area contributed by atoms with Crippen LogP contribution in [0, 0.1) is 17.7 Å². The van der Waals surface area contributed by atoms with E-state index in [4.69, 9.17) is 0 Å². The minimum absolute atomic E-state index is 0.103. The quantitative estimate of drug-likeness (QED) is 0.814. The van der Waals surface area contributed by atoms with Crippen molar-refractivity contribution in [1.82, 2.24) is 5.32 Å². The van der Waals surface area contributed by atoms with Gasteiger partial charge in [0, 0.05) is 16.1 Å². The smallest absolute Gasteiger partial charge is 0.129 e. The molecule has 3 atom stereocenters. The Labute approximate surface area is 124 Å². The van der Waals surface area contributed by atoms with Crippen molar-refractivity contribution in [3.8, 4) is 0 Å². The van der Waals surface area contributed by atoms with Crippen LogP contribution < -0.4 is 5.32 Å². The van der Waals surface area contributed by atoms with E-state index < -0.39 is 0 Å². The molecule has 0 radical (unpaired) electrons. The molecule has 0 bridgehead atoms. The zero-order chi connectivity index (χ0) is 13.8. The maximum absolute atomic E-state index is 14.2. The van der Waals surface area contributed by atoms with Crippen molar-refractivity contribution >= 4 is 15.9 Å². The molecule has 0 amide bonds. The zero-order valence-electron chi connectivity index (χ0n) is 11.8. The molecular weight excluding hydrogens is 305 g/mol. The molecule has 0 aromatic heterocycles. The molecule has 106 valence electrons. The molecule has 0 heterocycles. The van der Waals surface area contributed by atoms with Gasteiger partial charge in [0.05, 0.1) is 0 Å². The Hall–Kier alpha value is -0.410. The van der Waals surface area contributed by atoms with Gasteiger partial charge in [0.25, 0.3) is 0 Å². The summed E-state index contributed by atoms with van der Waals surface area (Å²) in [5.41, 5.74) is 0.816. The highest BCUT2D eigenvalue weighted by molar-refractivity contribution is 9.10. The Bertz CT molecular complexity index is 421. The normalized spacial score (nSPS) is 25.3. The number of benzene rings is 1. The lowest BCUT2D eigenvalue weighted by molar-refractivity contribution is 0.178. The highest BCUT2D eigenvalue weighted by Gasteiger charge is 2.32. The molecule has 1 N–H and O–H groups in total. The van der Waals surface area contributed by atoms with E-state index in [1.807, 2.05) is 19.2 Å². The van der Waals surface area contributed by atoms with E-state index in [1.54, 1.807) is 6.07 Å². The summed E-state index contributed by atoms with van der Waals surface area (Å²) in [6, 6.07) is 5.57. The van der Waals surface area contributed by atoms with Gasteiger partial charge in [0.1, 0.15) is 5.82 Å². The van der Waals surface area contributed by atoms with Gasteiger partial charge in [-0.05, 0) is 37.4 Å². The summed E-state index contributed by atoms with van der Waals surface area (Å²) >= 11 is 3.33. The first-order valence-corrected chi connectivity index (χ1v) is 8.08. The van der Waals surface area contributed by atoms with E-state index in [1.165, 1.54) is 32.1 Å². The lowest BCUT2D eigenvalue weighted by Gasteiger charge is -2.37. The van der Waals surface area contributed by atoms with Crippen LogP contribution in [0.1, 0.15) is 50.6 Å². The van der Waals surface area contributed by atoms with Crippen molar-refractivity contribution in [3.63, 3.8) is 0 Å². The molecule has 1 fully saturated rings. The van der Waals surface area contributed by atoms with E-state index in [0.717, 1.165) is 10.0 Å². The number of halogens is 2. The predicted molar refractivity (Wildman–Crippen MR) is 81.6 cm³/mol. The third-order valence-electron chi connectivity index (χ3n) is 4.53. The average molecular weight is 328 g/mol. The van der Waals surface area contributed by atoms with E-state index in [2.05, 4.69) is 28.2 Å². The third kappa shape index (κ3) is 3.38. The third-order valence-corrected chi connectivity index (χ3v) is 5.02. The molecule has 0 spiro atoms. The van der Waals surface area contributed by atoms with Gasteiger partial charge in [-0.25, -0.2) is 4.39 Å². The van der Waals surface area contributed by atoms with E-state index in [0.29, 0.717) is 11.8 Å². The molecule has 3 unspecified atom stereocenters. The summed E-state index contributed by atoms with van der Waals surface area (Å²) in [6.45, 7) is 2.26. The van der Waals surface area contributed by atoms with Crippen LogP contribution in [0.2, 0.25) is 0 Å². The van der Waals surface area contributed by atoms with Crippen LogP contribution in [0.15, 0.2) is 22.7 Å². The van der Waals surface area contributed by atoms with Crippen LogP contribution in [-0.4, -0.2) is 7.05 Å². The number of hydrogen-bond acceptors (Lipinski definition) is 1. The van der Waals surface area contributed by atoms with Gasteiger partial charge in [-0.2, -0.15) is 0 Å². The molecule has 19 heavy (non-hydrogen) atoms. The van der Waals surface area contributed by atoms with Crippen molar-refractivity contribution in [2.24, 2.45) is 11.8 Å². The first kappa shape index (κ1) is 15.0. The highest BCUT2D eigenvalue weighted by atomic mass is 79.9. The van der Waals surface area contributed by atoms with E-state index in [9.17, 15) is 4.39 Å². The minimum atomic E-state index is -0.103. The standard InChI is InChI=1S/C16H23BrFN/c1-3-11-6-4-5-7-13(11)16(19-2)14-9-8-12(17)10-15(14)18/h8-11,13,16,19H,3-7H2,1-2H3. The summed E-state index contributed by atoms with van der Waals surface area (Å²) in [5, 5.41) is 3.36. The molecule has 1 aromatic rings. The fourth-order valence-electron chi connectivity index (χ4n) is 3.54. The fourth-order valence-corrected chi connectivity index (χ4v) is 3.87. The van der Waals surface area contributed by atoms with Gasteiger partial charge >= 0.3 is 0 Å². The predicted octanol–water partition coefficient (Wildman–Crippen LogP) is 5.07. The van der Waals surface area contributed by atoms with Crippen molar-refractivity contribution in [2.75, 3.05) is 7.05 Å². The summed E-state index contributed by atoms with van der Waals surface area (Å²) in [7, 11) is 1.95. The maximum atomic E-state index is 14.2. The van der Waals surface area contributed by atoms with Crippen molar-refractivity contribution < 1.29 is 4.39 Å². The maximum Gasteiger partial charge on any atom is 0.129 e. The fraction of sp³-hybridized carbons (Fsp3) is 0.625. The summed E-state index contributed by atoms with van der Waals surface area (Å²) in [4.78, 5) is 0. The summed E-state index contributed by atoms with van der Waals surface area (Å²) < 4.78 is 15.0.